The molecule has 1 aliphatic rings. The molecule has 1 aliphatic heterocycles. The molecule has 0 spiro atoms. The highest BCUT2D eigenvalue weighted by Gasteiger charge is 2.31. The molecule has 0 unspecified atom stereocenters. The number of benzene rings is 1. The number of piperazine rings is 1. The van der Waals surface area contributed by atoms with Gasteiger partial charge in [-0.3, -0.25) is 9.59 Å². The molecule has 5 rings (SSSR count). The Bertz CT molecular complexity index is 1570. The van der Waals surface area contributed by atoms with E-state index in [1.165, 1.54) is 28.5 Å². The molecule has 0 atom stereocenters. The standard InChI is InChI=1S/C24H24FN11O3/c1-27-35(7-6-26)22-20-19(18(25)14-29-22)17(13-28-20)21(37)23(38)33-8-10-34(11-9-33)24-30-31-32-36(24)15-4-3-5-16(12-15)39-2/h3-7,12-14,28H,1,8-11,26H2,2H3/b7-6-. The molecule has 39 heavy (non-hydrogen) atoms. The number of halogens is 1. The van der Waals surface area contributed by atoms with Gasteiger partial charge in [-0.05, 0) is 22.6 Å². The molecule has 15 heteroatoms. The van der Waals surface area contributed by atoms with E-state index in [1.54, 1.807) is 17.9 Å². The summed E-state index contributed by atoms with van der Waals surface area (Å²) in [5.41, 5.74) is 6.21. The van der Waals surface area contributed by atoms with Gasteiger partial charge in [0.05, 0.1) is 35.5 Å². The Morgan fingerprint density at radius 1 is 1.28 bits per heavy atom. The van der Waals surface area contributed by atoms with Crippen molar-refractivity contribution in [3.05, 3.63) is 60.4 Å². The Morgan fingerprint density at radius 2 is 2.08 bits per heavy atom. The van der Waals surface area contributed by atoms with E-state index in [9.17, 15) is 14.0 Å². The highest BCUT2D eigenvalue weighted by atomic mass is 19.1. The lowest BCUT2D eigenvalue weighted by atomic mass is 10.1. The molecule has 0 saturated carbocycles. The van der Waals surface area contributed by atoms with Crippen molar-refractivity contribution in [3.8, 4) is 11.4 Å². The summed E-state index contributed by atoms with van der Waals surface area (Å²) in [5.74, 6) is -1.05. The molecular weight excluding hydrogens is 509 g/mol. The molecule has 1 amide bonds. The molecule has 14 nitrogen and oxygen atoms in total. The van der Waals surface area contributed by atoms with E-state index in [-0.39, 0.29) is 35.4 Å². The first-order chi connectivity index (χ1) is 19.0. The number of nitrogens with zero attached hydrogens (tertiary/aromatic N) is 9. The number of pyridine rings is 1. The van der Waals surface area contributed by atoms with Crippen LogP contribution in [-0.2, 0) is 4.79 Å². The number of hydrogen-bond donors (Lipinski definition) is 2. The van der Waals surface area contributed by atoms with Crippen molar-refractivity contribution in [2.45, 2.75) is 0 Å². The van der Waals surface area contributed by atoms with Crippen LogP contribution in [0.25, 0.3) is 16.6 Å². The van der Waals surface area contributed by atoms with Crippen LogP contribution >= 0.6 is 0 Å². The fourth-order valence-corrected chi connectivity index (χ4v) is 4.37. The molecule has 3 N–H and O–H groups in total. The number of nitrogens with two attached hydrogens (primary N) is 1. The highest BCUT2D eigenvalue weighted by Crippen LogP contribution is 2.30. The van der Waals surface area contributed by atoms with E-state index in [2.05, 4.69) is 37.3 Å². The Kier molecular flexibility index (Phi) is 6.86. The van der Waals surface area contributed by atoms with Gasteiger partial charge in [0.1, 0.15) is 5.75 Å². The predicted molar refractivity (Wildman–Crippen MR) is 140 cm³/mol. The number of ether oxygens (including phenoxy) is 1. The van der Waals surface area contributed by atoms with Crippen LogP contribution in [-0.4, -0.2) is 86.8 Å². The number of fused-ring (bicyclic) bond motifs is 1. The number of Topliss-reactive ketones (excluding diaryl/α,β-unsaturated/α-hetero) is 1. The zero-order valence-electron chi connectivity index (χ0n) is 20.9. The van der Waals surface area contributed by atoms with E-state index < -0.39 is 17.5 Å². The van der Waals surface area contributed by atoms with Gasteiger partial charge in [-0.1, -0.05) is 11.2 Å². The number of anilines is 2. The number of rotatable bonds is 8. The molecule has 3 aromatic heterocycles. The van der Waals surface area contributed by atoms with Crippen molar-refractivity contribution in [2.75, 3.05) is 43.2 Å². The van der Waals surface area contributed by atoms with Crippen LogP contribution in [0.5, 0.6) is 5.75 Å². The quantitative estimate of drug-likeness (QED) is 0.145. The first kappa shape index (κ1) is 25.3. The molecule has 1 saturated heterocycles. The van der Waals surface area contributed by atoms with Crippen LogP contribution < -0.4 is 20.4 Å². The Balaban J connectivity index is 1.33. The monoisotopic (exact) mass is 533 g/mol. The average molecular weight is 534 g/mol. The number of H-pyrrole nitrogens is 1. The molecule has 1 aromatic carbocycles. The number of carbonyl (C=O) groups is 2. The van der Waals surface area contributed by atoms with Crippen molar-refractivity contribution in [1.29, 1.82) is 0 Å². The number of amides is 1. The second-order valence-corrected chi connectivity index (χ2v) is 8.41. The van der Waals surface area contributed by atoms with Crippen LogP contribution in [0.3, 0.4) is 0 Å². The number of aromatic amines is 1. The Morgan fingerprint density at radius 3 is 2.79 bits per heavy atom. The van der Waals surface area contributed by atoms with E-state index in [0.29, 0.717) is 30.5 Å². The van der Waals surface area contributed by atoms with Crippen molar-refractivity contribution in [2.24, 2.45) is 10.8 Å². The molecule has 200 valence electrons. The summed E-state index contributed by atoms with van der Waals surface area (Å²) in [6.07, 6.45) is 4.80. The van der Waals surface area contributed by atoms with Gasteiger partial charge in [-0.15, -0.1) is 0 Å². The van der Waals surface area contributed by atoms with Crippen LogP contribution in [0.2, 0.25) is 0 Å². The molecule has 0 aliphatic carbocycles. The van der Waals surface area contributed by atoms with Gasteiger partial charge in [0, 0.05) is 57.6 Å². The maximum Gasteiger partial charge on any atom is 0.295 e. The number of ketones is 1. The maximum absolute atomic E-state index is 14.8. The van der Waals surface area contributed by atoms with Gasteiger partial charge in [-0.2, -0.15) is 9.78 Å². The smallest absolute Gasteiger partial charge is 0.295 e. The second-order valence-electron chi connectivity index (χ2n) is 8.41. The van der Waals surface area contributed by atoms with E-state index >= 15 is 0 Å². The maximum atomic E-state index is 14.8. The minimum atomic E-state index is -0.848. The number of hydrogen-bond acceptors (Lipinski definition) is 11. The van der Waals surface area contributed by atoms with E-state index in [1.807, 2.05) is 23.1 Å². The summed E-state index contributed by atoms with van der Waals surface area (Å²) in [7, 11) is 1.57. The minimum Gasteiger partial charge on any atom is -0.497 e. The summed E-state index contributed by atoms with van der Waals surface area (Å²) in [4.78, 5) is 36.6. The number of tetrazole rings is 1. The lowest BCUT2D eigenvalue weighted by molar-refractivity contribution is -0.126. The molecule has 0 radical (unpaired) electrons. The Hall–Kier alpha value is -5.34. The fraction of sp³-hybridized carbons (Fsp3) is 0.208. The summed E-state index contributed by atoms with van der Waals surface area (Å²) >= 11 is 0. The Labute approximate surface area is 221 Å². The van der Waals surface area contributed by atoms with Crippen LogP contribution in [0.4, 0.5) is 16.2 Å². The van der Waals surface area contributed by atoms with Gasteiger partial charge in [-0.25, -0.2) is 14.4 Å². The van der Waals surface area contributed by atoms with E-state index in [4.69, 9.17) is 10.5 Å². The van der Waals surface area contributed by atoms with Gasteiger partial charge in [0.2, 0.25) is 5.95 Å². The highest BCUT2D eigenvalue weighted by molar-refractivity contribution is 6.45. The van der Waals surface area contributed by atoms with Crippen molar-refractivity contribution in [3.63, 3.8) is 0 Å². The summed E-state index contributed by atoms with van der Waals surface area (Å²) in [5, 5.41) is 16.9. The fourth-order valence-electron chi connectivity index (χ4n) is 4.37. The third kappa shape index (κ3) is 4.60. The number of carbonyl (C=O) groups excluding carboxylic acids is 2. The largest absolute Gasteiger partial charge is 0.497 e. The topological polar surface area (TPSA) is 164 Å². The number of aromatic nitrogens is 6. The van der Waals surface area contributed by atoms with Gasteiger partial charge >= 0.3 is 0 Å². The average Bonchev–Trinajstić information content (AvgIpc) is 3.65. The van der Waals surface area contributed by atoms with Crippen LogP contribution in [0, 0.1) is 5.82 Å². The van der Waals surface area contributed by atoms with Crippen LogP contribution in [0.15, 0.2) is 54.2 Å². The minimum absolute atomic E-state index is 0.0754. The third-order valence-electron chi connectivity index (χ3n) is 6.28. The summed E-state index contributed by atoms with van der Waals surface area (Å²) < 4.78 is 21.7. The number of nitrogens with one attached hydrogen (secondary N) is 1. The first-order valence-corrected chi connectivity index (χ1v) is 11.8. The van der Waals surface area contributed by atoms with Crippen LogP contribution in [0.1, 0.15) is 10.4 Å². The first-order valence-electron chi connectivity index (χ1n) is 11.8. The summed E-state index contributed by atoms with van der Waals surface area (Å²) in [6, 6.07) is 7.29. The number of hydrazone groups is 1. The number of methoxy groups -OCH3 is 1. The molecular formula is C24H24FN11O3. The predicted octanol–water partition coefficient (Wildman–Crippen LogP) is 1.07. The van der Waals surface area contributed by atoms with Gasteiger partial charge in [0.15, 0.2) is 11.6 Å². The van der Waals surface area contributed by atoms with Gasteiger partial charge < -0.3 is 25.3 Å². The molecule has 4 heterocycles. The van der Waals surface area contributed by atoms with Crippen molar-refractivity contribution in [1.82, 2.24) is 35.1 Å². The van der Waals surface area contributed by atoms with Crippen molar-refractivity contribution < 1.29 is 18.7 Å². The lowest BCUT2D eigenvalue weighted by Gasteiger charge is -2.34. The third-order valence-corrected chi connectivity index (χ3v) is 6.28. The molecule has 4 aromatic rings. The lowest BCUT2D eigenvalue weighted by Crippen LogP contribution is -2.51. The molecule has 0 bridgehead atoms. The zero-order valence-corrected chi connectivity index (χ0v) is 20.9. The normalized spacial score (nSPS) is 13.7. The molecule has 1 fully saturated rings. The van der Waals surface area contributed by atoms with E-state index in [0.717, 1.165) is 6.20 Å². The zero-order chi connectivity index (χ0) is 27.5. The summed E-state index contributed by atoms with van der Waals surface area (Å²) in [6.45, 7) is 4.68. The van der Waals surface area contributed by atoms with Crippen molar-refractivity contribution >= 4 is 41.1 Å². The second kappa shape index (κ2) is 10.6. The van der Waals surface area contributed by atoms with Gasteiger partial charge in [0.25, 0.3) is 11.7 Å². The SMILES string of the molecule is C=NN(/C=C\N)c1ncc(F)c2c(C(=O)C(=O)N3CCN(c4nnnn4-c4cccc(OC)c4)CC3)c[nH]c12.